The Bertz CT molecular complexity index is 753. The van der Waals surface area contributed by atoms with Crippen LogP contribution in [0.3, 0.4) is 0 Å². The van der Waals surface area contributed by atoms with E-state index in [1.54, 1.807) is 0 Å². The molecular weight excluding hydrogens is 248 g/mol. The lowest BCUT2D eigenvalue weighted by atomic mass is 10.1. The van der Waals surface area contributed by atoms with Crippen LogP contribution in [-0.2, 0) is 6.54 Å². The topological polar surface area (TPSA) is 34.9 Å². The molecule has 20 heavy (non-hydrogen) atoms. The van der Waals surface area contributed by atoms with E-state index in [2.05, 4.69) is 11.1 Å². The van der Waals surface area contributed by atoms with Gasteiger partial charge in [-0.15, -0.1) is 0 Å². The third-order valence-electron chi connectivity index (χ3n) is 3.49. The maximum absolute atomic E-state index is 11.7. The van der Waals surface area contributed by atoms with E-state index in [1.807, 2.05) is 60.4 Å². The first-order valence-electron chi connectivity index (χ1n) is 6.79. The van der Waals surface area contributed by atoms with Crippen LogP contribution in [0.5, 0.6) is 0 Å². The molecular formula is C17H16N2O. The second-order valence-corrected chi connectivity index (χ2v) is 4.84. The Kier molecular flexibility index (Phi) is 3.33. The molecule has 3 nitrogen and oxygen atoms in total. The van der Waals surface area contributed by atoms with Crippen molar-refractivity contribution >= 4 is 16.7 Å². The highest BCUT2D eigenvalue weighted by Gasteiger charge is 2.06. The van der Waals surface area contributed by atoms with Crippen molar-refractivity contribution in [2.45, 2.75) is 19.9 Å². The van der Waals surface area contributed by atoms with E-state index < -0.39 is 0 Å². The first kappa shape index (κ1) is 12.6. The van der Waals surface area contributed by atoms with Crippen molar-refractivity contribution in [2.75, 3.05) is 0 Å². The van der Waals surface area contributed by atoms with Gasteiger partial charge in [-0.1, -0.05) is 25.1 Å². The molecule has 3 rings (SSSR count). The average Bonchev–Trinajstić information content (AvgIpc) is 2.95. The maximum atomic E-state index is 11.7. The van der Waals surface area contributed by atoms with Crippen LogP contribution in [0.2, 0.25) is 0 Å². The van der Waals surface area contributed by atoms with Gasteiger partial charge >= 0.3 is 0 Å². The highest BCUT2D eigenvalue weighted by atomic mass is 16.1. The zero-order chi connectivity index (χ0) is 13.9. The monoisotopic (exact) mass is 264 g/mol. The van der Waals surface area contributed by atoms with Crippen LogP contribution < -0.4 is 0 Å². The number of aromatic nitrogens is 2. The molecule has 0 atom stereocenters. The average molecular weight is 264 g/mol. The van der Waals surface area contributed by atoms with E-state index in [9.17, 15) is 4.79 Å². The van der Waals surface area contributed by atoms with Crippen LogP contribution in [0, 0.1) is 0 Å². The SMILES string of the molecule is CCC(=O)c1ccn(Cc2ccnc3ccccc23)c1. The molecule has 2 aromatic heterocycles. The number of rotatable bonds is 4. The van der Waals surface area contributed by atoms with Crippen LogP contribution in [0.25, 0.3) is 10.9 Å². The zero-order valence-electron chi connectivity index (χ0n) is 11.4. The number of hydrogen-bond donors (Lipinski definition) is 0. The summed E-state index contributed by atoms with van der Waals surface area (Å²) in [5, 5.41) is 1.16. The number of pyridine rings is 1. The summed E-state index contributed by atoms with van der Waals surface area (Å²) in [6, 6.07) is 12.0. The molecule has 0 aliphatic heterocycles. The minimum atomic E-state index is 0.184. The van der Waals surface area contributed by atoms with Gasteiger partial charge in [-0.2, -0.15) is 0 Å². The first-order valence-corrected chi connectivity index (χ1v) is 6.79. The fourth-order valence-electron chi connectivity index (χ4n) is 2.40. The fourth-order valence-corrected chi connectivity index (χ4v) is 2.40. The van der Waals surface area contributed by atoms with E-state index in [0.29, 0.717) is 6.42 Å². The molecule has 100 valence electrons. The van der Waals surface area contributed by atoms with E-state index in [-0.39, 0.29) is 5.78 Å². The summed E-state index contributed by atoms with van der Waals surface area (Å²) in [6.07, 6.45) is 6.25. The fraction of sp³-hybridized carbons (Fsp3) is 0.176. The summed E-state index contributed by atoms with van der Waals surface area (Å²) >= 11 is 0. The third kappa shape index (κ3) is 2.35. The van der Waals surface area contributed by atoms with Gasteiger partial charge in [0.25, 0.3) is 0 Å². The Labute approximate surface area is 117 Å². The standard InChI is InChI=1S/C17H16N2O/c1-2-17(20)14-8-10-19(12-14)11-13-7-9-18-16-6-4-3-5-15(13)16/h3-10,12H,2,11H2,1H3. The number of hydrogen-bond acceptors (Lipinski definition) is 2. The van der Waals surface area contributed by atoms with Crippen molar-refractivity contribution in [3.05, 3.63) is 66.1 Å². The van der Waals surface area contributed by atoms with E-state index >= 15 is 0 Å². The minimum Gasteiger partial charge on any atom is -0.349 e. The molecule has 0 radical (unpaired) electrons. The number of nitrogens with zero attached hydrogens (tertiary/aromatic N) is 2. The molecule has 0 saturated carbocycles. The quantitative estimate of drug-likeness (QED) is 0.674. The lowest BCUT2D eigenvalue weighted by Gasteiger charge is -2.07. The summed E-state index contributed by atoms with van der Waals surface area (Å²) in [5.74, 6) is 0.184. The van der Waals surface area contributed by atoms with Gasteiger partial charge in [-0.05, 0) is 23.8 Å². The second kappa shape index (κ2) is 5.29. The second-order valence-electron chi connectivity index (χ2n) is 4.84. The van der Waals surface area contributed by atoms with Gasteiger partial charge < -0.3 is 4.57 Å². The number of para-hydroxylation sites is 1. The summed E-state index contributed by atoms with van der Waals surface area (Å²) in [4.78, 5) is 16.0. The summed E-state index contributed by atoms with van der Waals surface area (Å²) in [5.41, 5.74) is 2.99. The molecule has 3 aromatic rings. The number of carbonyl (C=O) groups excluding carboxylic acids is 1. The summed E-state index contributed by atoms with van der Waals surface area (Å²) < 4.78 is 2.05. The van der Waals surface area contributed by atoms with Crippen molar-refractivity contribution < 1.29 is 4.79 Å². The molecule has 2 heterocycles. The van der Waals surface area contributed by atoms with Crippen LogP contribution in [0.1, 0.15) is 29.3 Å². The van der Waals surface area contributed by atoms with Crippen molar-refractivity contribution in [1.29, 1.82) is 0 Å². The van der Waals surface area contributed by atoms with E-state index in [1.165, 1.54) is 5.56 Å². The highest BCUT2D eigenvalue weighted by molar-refractivity contribution is 5.95. The van der Waals surface area contributed by atoms with Crippen LogP contribution in [0.15, 0.2) is 55.0 Å². The Balaban J connectivity index is 1.93. The predicted octanol–water partition coefficient (Wildman–Crippen LogP) is 3.68. The van der Waals surface area contributed by atoms with Crippen molar-refractivity contribution in [3.8, 4) is 0 Å². The van der Waals surface area contributed by atoms with Crippen LogP contribution in [-0.4, -0.2) is 15.3 Å². The molecule has 0 bridgehead atoms. The lowest BCUT2D eigenvalue weighted by molar-refractivity contribution is 0.0988. The largest absolute Gasteiger partial charge is 0.349 e. The zero-order valence-corrected chi connectivity index (χ0v) is 11.4. The molecule has 0 aliphatic rings. The number of ketones is 1. The molecule has 0 saturated heterocycles. The molecule has 3 heteroatoms. The highest BCUT2D eigenvalue weighted by Crippen LogP contribution is 2.17. The maximum Gasteiger partial charge on any atom is 0.164 e. The van der Waals surface area contributed by atoms with Gasteiger partial charge in [-0.25, -0.2) is 0 Å². The number of carbonyl (C=O) groups is 1. The van der Waals surface area contributed by atoms with Gasteiger partial charge in [0.05, 0.1) is 5.52 Å². The smallest absolute Gasteiger partial charge is 0.164 e. The predicted molar refractivity (Wildman–Crippen MR) is 79.9 cm³/mol. The Morgan fingerprint density at radius 2 is 2.05 bits per heavy atom. The number of Topliss-reactive ketones (excluding diaryl/α,β-unsaturated/α-hetero) is 1. The molecule has 0 amide bonds. The molecule has 0 N–H and O–H groups in total. The minimum absolute atomic E-state index is 0.184. The molecule has 0 fully saturated rings. The van der Waals surface area contributed by atoms with Crippen molar-refractivity contribution in [1.82, 2.24) is 9.55 Å². The molecule has 1 aromatic carbocycles. The first-order chi connectivity index (χ1) is 9.78. The van der Waals surface area contributed by atoms with E-state index in [0.717, 1.165) is 23.0 Å². The van der Waals surface area contributed by atoms with Crippen molar-refractivity contribution in [2.24, 2.45) is 0 Å². The molecule has 0 spiro atoms. The van der Waals surface area contributed by atoms with Crippen LogP contribution >= 0.6 is 0 Å². The Hall–Kier alpha value is -2.42. The Morgan fingerprint density at radius 1 is 1.20 bits per heavy atom. The molecule has 0 aliphatic carbocycles. The van der Waals surface area contributed by atoms with Gasteiger partial charge in [-0.3, -0.25) is 9.78 Å². The van der Waals surface area contributed by atoms with E-state index in [4.69, 9.17) is 0 Å². The third-order valence-corrected chi connectivity index (χ3v) is 3.49. The Morgan fingerprint density at radius 3 is 2.90 bits per heavy atom. The summed E-state index contributed by atoms with van der Waals surface area (Å²) in [6.45, 7) is 2.63. The van der Waals surface area contributed by atoms with Gasteiger partial charge in [0.2, 0.25) is 0 Å². The number of benzene rings is 1. The number of fused-ring (bicyclic) bond motifs is 1. The van der Waals surface area contributed by atoms with Crippen molar-refractivity contribution in [3.63, 3.8) is 0 Å². The van der Waals surface area contributed by atoms with Crippen LogP contribution in [0.4, 0.5) is 0 Å². The summed E-state index contributed by atoms with van der Waals surface area (Å²) in [7, 11) is 0. The van der Waals surface area contributed by atoms with Gasteiger partial charge in [0.15, 0.2) is 5.78 Å². The van der Waals surface area contributed by atoms with Gasteiger partial charge in [0, 0.05) is 42.5 Å². The molecule has 0 unspecified atom stereocenters. The van der Waals surface area contributed by atoms with Gasteiger partial charge in [0.1, 0.15) is 0 Å². The normalized spacial score (nSPS) is 10.8. The lowest BCUT2D eigenvalue weighted by Crippen LogP contribution is -1.99.